The second kappa shape index (κ2) is 6.63. The number of benzene rings is 1. The summed E-state index contributed by atoms with van der Waals surface area (Å²) >= 11 is 0. The van der Waals surface area contributed by atoms with Crippen LogP contribution in [0, 0.1) is 0 Å². The summed E-state index contributed by atoms with van der Waals surface area (Å²) < 4.78 is 0. The zero-order chi connectivity index (χ0) is 17.2. The van der Waals surface area contributed by atoms with Gasteiger partial charge in [0.1, 0.15) is 5.54 Å². The van der Waals surface area contributed by atoms with E-state index in [9.17, 15) is 14.4 Å². The molecule has 0 spiro atoms. The Morgan fingerprint density at radius 1 is 1.17 bits per heavy atom. The van der Waals surface area contributed by atoms with Crippen molar-refractivity contribution < 1.29 is 14.4 Å². The Hall–Kier alpha value is -2.37. The minimum absolute atomic E-state index is 0.115. The lowest BCUT2D eigenvalue weighted by Crippen LogP contribution is -2.54. The first kappa shape index (κ1) is 16.5. The van der Waals surface area contributed by atoms with E-state index >= 15 is 0 Å². The summed E-state index contributed by atoms with van der Waals surface area (Å²) in [6.07, 6.45) is 4.60. The molecule has 2 aliphatic rings. The van der Waals surface area contributed by atoms with Gasteiger partial charge in [0.25, 0.3) is 0 Å². The maximum absolute atomic E-state index is 12.8. The van der Waals surface area contributed by atoms with Crippen LogP contribution in [-0.2, 0) is 14.4 Å². The number of nitrogens with zero attached hydrogens (tertiary/aromatic N) is 1. The molecular formula is C18H23N3O3. The predicted molar refractivity (Wildman–Crippen MR) is 91.7 cm³/mol. The SMILES string of the molecule is CC(=O)NC1(C(=O)Nc2cccc(N3CCCC3=O)c2)CCCC1. The van der Waals surface area contributed by atoms with Gasteiger partial charge in [0.05, 0.1) is 0 Å². The largest absolute Gasteiger partial charge is 0.342 e. The van der Waals surface area contributed by atoms with Gasteiger partial charge < -0.3 is 15.5 Å². The van der Waals surface area contributed by atoms with Gasteiger partial charge in [-0.3, -0.25) is 14.4 Å². The normalized spacial score (nSPS) is 19.4. The Kier molecular flexibility index (Phi) is 4.55. The first-order chi connectivity index (χ1) is 11.5. The van der Waals surface area contributed by atoms with E-state index in [-0.39, 0.29) is 17.7 Å². The van der Waals surface area contributed by atoms with Gasteiger partial charge >= 0.3 is 0 Å². The molecule has 1 aromatic rings. The molecule has 24 heavy (non-hydrogen) atoms. The van der Waals surface area contributed by atoms with Crippen LogP contribution in [-0.4, -0.2) is 29.8 Å². The molecule has 0 radical (unpaired) electrons. The standard InChI is InChI=1S/C18H23N3O3/c1-13(22)20-18(9-2-3-10-18)17(24)19-14-6-4-7-15(12-14)21-11-5-8-16(21)23/h4,6-7,12H,2-3,5,8-11H2,1H3,(H,19,24)(H,20,22). The third kappa shape index (κ3) is 3.27. The van der Waals surface area contributed by atoms with E-state index in [1.165, 1.54) is 6.92 Å². The Balaban J connectivity index is 1.76. The van der Waals surface area contributed by atoms with E-state index in [0.717, 1.165) is 24.9 Å². The fourth-order valence-corrected chi connectivity index (χ4v) is 3.65. The van der Waals surface area contributed by atoms with Crippen molar-refractivity contribution in [1.82, 2.24) is 5.32 Å². The molecule has 3 amide bonds. The lowest BCUT2D eigenvalue weighted by molar-refractivity contribution is -0.129. The molecule has 6 nitrogen and oxygen atoms in total. The van der Waals surface area contributed by atoms with Crippen molar-refractivity contribution in [3.05, 3.63) is 24.3 Å². The summed E-state index contributed by atoms with van der Waals surface area (Å²) in [7, 11) is 0. The van der Waals surface area contributed by atoms with Gasteiger partial charge in [-0.15, -0.1) is 0 Å². The first-order valence-electron chi connectivity index (χ1n) is 8.51. The van der Waals surface area contributed by atoms with Crippen molar-refractivity contribution in [1.29, 1.82) is 0 Å². The van der Waals surface area contributed by atoms with Crippen LogP contribution in [0.5, 0.6) is 0 Å². The van der Waals surface area contributed by atoms with Gasteiger partial charge in [-0.1, -0.05) is 18.9 Å². The smallest absolute Gasteiger partial charge is 0.250 e. The number of carbonyl (C=O) groups is 3. The minimum Gasteiger partial charge on any atom is -0.342 e. The zero-order valence-electron chi connectivity index (χ0n) is 13.9. The lowest BCUT2D eigenvalue weighted by Gasteiger charge is -2.28. The molecule has 2 N–H and O–H groups in total. The molecule has 1 saturated heterocycles. The third-order valence-corrected chi connectivity index (χ3v) is 4.80. The molecule has 0 bridgehead atoms. The lowest BCUT2D eigenvalue weighted by atomic mass is 9.96. The minimum atomic E-state index is -0.814. The van der Waals surface area contributed by atoms with Crippen molar-refractivity contribution in [2.24, 2.45) is 0 Å². The highest BCUT2D eigenvalue weighted by Crippen LogP contribution is 2.31. The zero-order valence-corrected chi connectivity index (χ0v) is 13.9. The van der Waals surface area contributed by atoms with Crippen LogP contribution in [0.2, 0.25) is 0 Å². The molecule has 1 saturated carbocycles. The van der Waals surface area contributed by atoms with Crippen LogP contribution >= 0.6 is 0 Å². The highest BCUT2D eigenvalue weighted by Gasteiger charge is 2.41. The summed E-state index contributed by atoms with van der Waals surface area (Å²) in [5, 5.41) is 5.75. The van der Waals surface area contributed by atoms with Gasteiger partial charge in [-0.2, -0.15) is 0 Å². The molecule has 1 aromatic carbocycles. The second-order valence-electron chi connectivity index (χ2n) is 6.62. The fourth-order valence-electron chi connectivity index (χ4n) is 3.65. The number of nitrogens with one attached hydrogen (secondary N) is 2. The number of hydrogen-bond acceptors (Lipinski definition) is 3. The second-order valence-corrected chi connectivity index (χ2v) is 6.62. The van der Waals surface area contributed by atoms with Gasteiger partial charge in [-0.25, -0.2) is 0 Å². The summed E-state index contributed by atoms with van der Waals surface area (Å²) in [5.74, 6) is -0.257. The van der Waals surface area contributed by atoms with E-state index < -0.39 is 5.54 Å². The number of carbonyl (C=O) groups excluding carboxylic acids is 3. The molecule has 1 aliphatic heterocycles. The van der Waals surface area contributed by atoms with Gasteiger partial charge in [0, 0.05) is 31.3 Å². The molecule has 0 unspecified atom stereocenters. The van der Waals surface area contributed by atoms with Crippen LogP contribution in [0.15, 0.2) is 24.3 Å². The summed E-state index contributed by atoms with van der Waals surface area (Å²) in [6, 6.07) is 7.32. The molecule has 3 rings (SSSR count). The maximum atomic E-state index is 12.8. The van der Waals surface area contributed by atoms with Crippen LogP contribution in [0.25, 0.3) is 0 Å². The summed E-state index contributed by atoms with van der Waals surface area (Å²) in [4.78, 5) is 37.9. The Bertz CT molecular complexity index is 665. The highest BCUT2D eigenvalue weighted by molar-refractivity contribution is 6.01. The van der Waals surface area contributed by atoms with E-state index in [1.807, 2.05) is 18.2 Å². The molecule has 2 fully saturated rings. The van der Waals surface area contributed by atoms with Crippen molar-refractivity contribution in [3.8, 4) is 0 Å². The molecule has 0 atom stereocenters. The van der Waals surface area contributed by atoms with Crippen LogP contribution in [0.3, 0.4) is 0 Å². The van der Waals surface area contributed by atoms with Crippen LogP contribution in [0.1, 0.15) is 45.4 Å². The molecule has 1 aliphatic carbocycles. The average Bonchev–Trinajstić information content (AvgIpc) is 3.17. The van der Waals surface area contributed by atoms with Crippen molar-refractivity contribution in [3.63, 3.8) is 0 Å². The number of anilines is 2. The topological polar surface area (TPSA) is 78.5 Å². The van der Waals surface area contributed by atoms with Crippen LogP contribution in [0.4, 0.5) is 11.4 Å². The molecular weight excluding hydrogens is 306 g/mol. The van der Waals surface area contributed by atoms with Crippen molar-refractivity contribution >= 4 is 29.1 Å². The number of hydrogen-bond donors (Lipinski definition) is 2. The molecule has 1 heterocycles. The van der Waals surface area contributed by atoms with Gasteiger partial charge in [0.15, 0.2) is 0 Å². The Labute approximate surface area is 141 Å². The van der Waals surface area contributed by atoms with Crippen molar-refractivity contribution in [2.45, 2.75) is 51.0 Å². The number of rotatable bonds is 4. The highest BCUT2D eigenvalue weighted by atomic mass is 16.2. The Morgan fingerprint density at radius 3 is 2.54 bits per heavy atom. The van der Waals surface area contributed by atoms with Crippen molar-refractivity contribution in [2.75, 3.05) is 16.8 Å². The quantitative estimate of drug-likeness (QED) is 0.889. The van der Waals surface area contributed by atoms with E-state index in [2.05, 4.69) is 10.6 Å². The Morgan fingerprint density at radius 2 is 1.92 bits per heavy atom. The maximum Gasteiger partial charge on any atom is 0.250 e. The predicted octanol–water partition coefficient (Wildman–Crippen LogP) is 2.20. The van der Waals surface area contributed by atoms with Gasteiger partial charge in [0.2, 0.25) is 17.7 Å². The summed E-state index contributed by atoms with van der Waals surface area (Å²) in [6.45, 7) is 2.15. The van der Waals surface area contributed by atoms with E-state index in [0.29, 0.717) is 31.5 Å². The summed E-state index contributed by atoms with van der Waals surface area (Å²) in [5.41, 5.74) is 0.634. The molecule has 0 aromatic heterocycles. The molecule has 128 valence electrons. The first-order valence-corrected chi connectivity index (χ1v) is 8.51. The third-order valence-electron chi connectivity index (χ3n) is 4.80. The van der Waals surface area contributed by atoms with E-state index in [1.54, 1.807) is 11.0 Å². The fraction of sp³-hybridized carbons (Fsp3) is 0.500. The molecule has 6 heteroatoms. The van der Waals surface area contributed by atoms with E-state index in [4.69, 9.17) is 0 Å². The van der Waals surface area contributed by atoms with Gasteiger partial charge in [-0.05, 0) is 37.5 Å². The monoisotopic (exact) mass is 329 g/mol. The number of amides is 3. The van der Waals surface area contributed by atoms with Crippen LogP contribution < -0.4 is 15.5 Å². The average molecular weight is 329 g/mol.